The molecule has 1 unspecified atom stereocenters. The molecule has 2 amide bonds. The lowest BCUT2D eigenvalue weighted by atomic mass is 9.98. The highest BCUT2D eigenvalue weighted by molar-refractivity contribution is 7.09. The summed E-state index contributed by atoms with van der Waals surface area (Å²) in [4.78, 5) is 39.3. The van der Waals surface area contributed by atoms with Gasteiger partial charge in [-0.05, 0) is 29.2 Å². The third-order valence-electron chi connectivity index (χ3n) is 5.23. The number of carboxylic acid groups (broad SMARTS) is 1. The van der Waals surface area contributed by atoms with Gasteiger partial charge in [0.15, 0.2) is 0 Å². The van der Waals surface area contributed by atoms with Crippen LogP contribution >= 0.6 is 11.3 Å². The molecule has 0 saturated carbocycles. The number of nitrogens with one attached hydrogen (secondary N) is 2. The van der Waals surface area contributed by atoms with Gasteiger partial charge < -0.3 is 20.5 Å². The Hall–Kier alpha value is -3.72. The fourth-order valence-electron chi connectivity index (χ4n) is 3.63. The second kappa shape index (κ2) is 9.19. The van der Waals surface area contributed by atoms with Crippen molar-refractivity contribution in [1.29, 1.82) is 0 Å². The maximum atomic E-state index is 12.3. The van der Waals surface area contributed by atoms with Gasteiger partial charge in [0.25, 0.3) is 5.91 Å². The first kappa shape index (κ1) is 21.5. The van der Waals surface area contributed by atoms with Crippen LogP contribution in [-0.4, -0.2) is 40.7 Å². The van der Waals surface area contributed by atoms with Crippen molar-refractivity contribution in [3.63, 3.8) is 0 Å². The lowest BCUT2D eigenvalue weighted by Crippen LogP contribution is -2.38. The molecule has 1 aliphatic rings. The Bertz CT molecular complexity index is 1130. The van der Waals surface area contributed by atoms with Gasteiger partial charge in [0, 0.05) is 11.3 Å². The van der Waals surface area contributed by atoms with E-state index in [1.807, 2.05) is 24.3 Å². The van der Waals surface area contributed by atoms with Crippen LogP contribution in [-0.2, 0) is 16.1 Å². The smallest absolute Gasteiger partial charge is 0.407 e. The number of nitrogens with zero attached hydrogens (tertiary/aromatic N) is 1. The molecule has 1 atom stereocenters. The summed E-state index contributed by atoms with van der Waals surface area (Å²) in [7, 11) is 0. The van der Waals surface area contributed by atoms with Gasteiger partial charge >= 0.3 is 12.1 Å². The maximum Gasteiger partial charge on any atom is 0.407 e. The first-order valence-corrected chi connectivity index (χ1v) is 10.9. The standard InChI is InChI=1S/C23H21N3O5S/c1-13(22(28)29)25-21(27)19-12-32-20(26-19)10-24-23(30)31-11-18-16-8-4-2-6-14(16)15-7-3-5-9-17(15)18/h2-9,12-13,18H,10-11H2,1H3,(H,24,30)(H,25,27)(H,28,29). The summed E-state index contributed by atoms with van der Waals surface area (Å²) in [5, 5.41) is 15.9. The first-order valence-electron chi connectivity index (χ1n) is 10.0. The molecule has 0 aliphatic heterocycles. The number of hydrogen-bond donors (Lipinski definition) is 3. The normalized spacial score (nSPS) is 13.0. The number of aliphatic carboxylic acids is 1. The minimum absolute atomic E-state index is 0.0282. The van der Waals surface area contributed by atoms with E-state index in [0.717, 1.165) is 22.3 Å². The monoisotopic (exact) mass is 451 g/mol. The number of carbonyl (C=O) groups is 3. The number of amides is 2. The zero-order valence-corrected chi connectivity index (χ0v) is 18.0. The quantitative estimate of drug-likeness (QED) is 0.507. The highest BCUT2D eigenvalue weighted by atomic mass is 32.1. The molecular weight excluding hydrogens is 430 g/mol. The molecule has 32 heavy (non-hydrogen) atoms. The van der Waals surface area contributed by atoms with E-state index >= 15 is 0 Å². The van der Waals surface area contributed by atoms with E-state index in [1.54, 1.807) is 0 Å². The molecule has 3 N–H and O–H groups in total. The summed E-state index contributed by atoms with van der Waals surface area (Å²) in [6.07, 6.45) is -0.576. The predicted octanol–water partition coefficient (Wildman–Crippen LogP) is 3.38. The highest BCUT2D eigenvalue weighted by Gasteiger charge is 2.29. The Morgan fingerprint density at radius 1 is 1.09 bits per heavy atom. The summed E-state index contributed by atoms with van der Waals surface area (Å²) >= 11 is 1.19. The van der Waals surface area contributed by atoms with Crippen molar-refractivity contribution in [1.82, 2.24) is 15.6 Å². The summed E-state index contributed by atoms with van der Waals surface area (Å²) in [6, 6.07) is 15.2. The van der Waals surface area contributed by atoms with Gasteiger partial charge in [0.05, 0.1) is 6.54 Å². The van der Waals surface area contributed by atoms with Gasteiger partial charge in [-0.1, -0.05) is 48.5 Å². The molecule has 0 spiro atoms. The van der Waals surface area contributed by atoms with Gasteiger partial charge in [0.1, 0.15) is 23.4 Å². The van der Waals surface area contributed by atoms with E-state index in [4.69, 9.17) is 9.84 Å². The van der Waals surface area contributed by atoms with Crippen molar-refractivity contribution < 1.29 is 24.2 Å². The summed E-state index contributed by atoms with van der Waals surface area (Å²) in [5.74, 6) is -1.74. The number of ether oxygens (including phenoxy) is 1. The third-order valence-corrected chi connectivity index (χ3v) is 6.08. The predicted molar refractivity (Wildman–Crippen MR) is 119 cm³/mol. The van der Waals surface area contributed by atoms with Crippen LogP contribution in [0.3, 0.4) is 0 Å². The molecular formula is C23H21N3O5S. The molecule has 1 aromatic heterocycles. The van der Waals surface area contributed by atoms with Crippen molar-refractivity contribution in [2.45, 2.75) is 25.4 Å². The van der Waals surface area contributed by atoms with E-state index in [-0.39, 0.29) is 24.8 Å². The van der Waals surface area contributed by atoms with Crippen LogP contribution in [0.15, 0.2) is 53.9 Å². The fraction of sp³-hybridized carbons (Fsp3) is 0.217. The number of fused-ring (bicyclic) bond motifs is 3. The van der Waals surface area contributed by atoms with Crippen LogP contribution in [0, 0.1) is 0 Å². The van der Waals surface area contributed by atoms with Gasteiger partial charge in [-0.15, -0.1) is 11.3 Å². The molecule has 1 heterocycles. The number of thiazole rings is 1. The maximum absolute atomic E-state index is 12.3. The molecule has 0 fully saturated rings. The molecule has 0 bridgehead atoms. The van der Waals surface area contributed by atoms with E-state index in [9.17, 15) is 14.4 Å². The van der Waals surface area contributed by atoms with Crippen LogP contribution in [0.2, 0.25) is 0 Å². The van der Waals surface area contributed by atoms with Crippen molar-refractivity contribution in [3.8, 4) is 11.1 Å². The number of carbonyl (C=O) groups excluding carboxylic acids is 2. The van der Waals surface area contributed by atoms with Crippen LogP contribution in [0.5, 0.6) is 0 Å². The number of hydrogen-bond acceptors (Lipinski definition) is 6. The molecule has 0 saturated heterocycles. The van der Waals surface area contributed by atoms with Gasteiger partial charge in [-0.2, -0.15) is 0 Å². The Kier molecular flexibility index (Phi) is 6.18. The third kappa shape index (κ3) is 4.47. The Labute approximate surface area is 188 Å². The van der Waals surface area contributed by atoms with Gasteiger partial charge in [0.2, 0.25) is 0 Å². The fourth-order valence-corrected chi connectivity index (χ4v) is 4.34. The summed E-state index contributed by atoms with van der Waals surface area (Å²) in [5.41, 5.74) is 4.68. The number of rotatable bonds is 7. The Balaban J connectivity index is 1.32. The molecule has 2 aromatic carbocycles. The SMILES string of the molecule is CC(NC(=O)c1csc(CNC(=O)OCC2c3ccccc3-c3ccccc32)n1)C(=O)O. The number of carboxylic acids is 1. The lowest BCUT2D eigenvalue weighted by molar-refractivity contribution is -0.138. The summed E-state index contributed by atoms with van der Waals surface area (Å²) < 4.78 is 5.48. The zero-order valence-electron chi connectivity index (χ0n) is 17.2. The van der Waals surface area contributed by atoms with Crippen LogP contribution < -0.4 is 10.6 Å². The minimum atomic E-state index is -1.13. The zero-order chi connectivity index (χ0) is 22.7. The largest absolute Gasteiger partial charge is 0.480 e. The number of benzene rings is 2. The lowest BCUT2D eigenvalue weighted by Gasteiger charge is -2.14. The number of aromatic nitrogens is 1. The van der Waals surface area contributed by atoms with Crippen molar-refractivity contribution in [2.24, 2.45) is 0 Å². The number of alkyl carbamates (subject to hydrolysis) is 1. The molecule has 0 radical (unpaired) electrons. The van der Waals surface area contributed by atoms with Gasteiger partial charge in [-0.3, -0.25) is 9.59 Å². The topological polar surface area (TPSA) is 118 Å². The van der Waals surface area contributed by atoms with Crippen LogP contribution in [0.25, 0.3) is 11.1 Å². The highest BCUT2D eigenvalue weighted by Crippen LogP contribution is 2.44. The van der Waals surface area contributed by atoms with Crippen molar-refractivity contribution in [2.75, 3.05) is 6.61 Å². The molecule has 3 aromatic rings. The van der Waals surface area contributed by atoms with Gasteiger partial charge in [-0.25, -0.2) is 9.78 Å². The van der Waals surface area contributed by atoms with E-state index in [2.05, 4.69) is 39.9 Å². The van der Waals surface area contributed by atoms with Crippen molar-refractivity contribution >= 4 is 29.3 Å². The van der Waals surface area contributed by atoms with E-state index in [0.29, 0.717) is 5.01 Å². The van der Waals surface area contributed by atoms with Crippen LogP contribution in [0.1, 0.15) is 39.5 Å². The average Bonchev–Trinajstić information content (AvgIpc) is 3.39. The Morgan fingerprint density at radius 3 is 2.34 bits per heavy atom. The molecule has 164 valence electrons. The Morgan fingerprint density at radius 2 is 1.72 bits per heavy atom. The molecule has 4 rings (SSSR count). The van der Waals surface area contributed by atoms with Crippen LogP contribution in [0.4, 0.5) is 4.79 Å². The molecule has 1 aliphatic carbocycles. The summed E-state index contributed by atoms with van der Waals surface area (Å²) in [6.45, 7) is 1.67. The second-order valence-electron chi connectivity index (χ2n) is 7.34. The molecule has 8 nitrogen and oxygen atoms in total. The van der Waals surface area contributed by atoms with Crippen molar-refractivity contribution in [3.05, 3.63) is 75.7 Å². The molecule has 9 heteroatoms. The van der Waals surface area contributed by atoms with E-state index < -0.39 is 24.0 Å². The van der Waals surface area contributed by atoms with E-state index in [1.165, 1.54) is 23.6 Å². The minimum Gasteiger partial charge on any atom is -0.480 e. The second-order valence-corrected chi connectivity index (χ2v) is 8.28. The average molecular weight is 452 g/mol. The first-order chi connectivity index (χ1) is 15.4.